The molecule has 1 fully saturated rings. The van der Waals surface area contributed by atoms with Crippen molar-refractivity contribution in [3.05, 3.63) is 77.3 Å². The fourth-order valence-corrected chi connectivity index (χ4v) is 3.89. The third kappa shape index (κ3) is 2.81. The number of anilines is 1. The largest absolute Gasteiger partial charge is 0.506 e. The van der Waals surface area contributed by atoms with E-state index in [1.165, 1.54) is 0 Å². The van der Waals surface area contributed by atoms with Crippen molar-refractivity contribution in [1.82, 2.24) is 14.9 Å². The summed E-state index contributed by atoms with van der Waals surface area (Å²) in [5, 5.41) is 14.9. The summed E-state index contributed by atoms with van der Waals surface area (Å²) in [4.78, 5) is 6.41. The molecular formula is C19H17ClN4OS. The Hall–Kier alpha value is -2.57. The normalized spacial score (nSPS) is 19.6. The summed E-state index contributed by atoms with van der Waals surface area (Å²) in [6.45, 7) is 0. The SMILES string of the molecule is Cn1cccc1[C@H]1[C@@H](c2ccccn2)NC(=S)N1c1cc(Cl)ccc1O. The van der Waals surface area contributed by atoms with Crippen LogP contribution in [0.3, 0.4) is 0 Å². The summed E-state index contributed by atoms with van der Waals surface area (Å²) < 4.78 is 2.05. The maximum absolute atomic E-state index is 10.4. The van der Waals surface area contributed by atoms with Crippen LogP contribution in [0.15, 0.2) is 60.9 Å². The van der Waals surface area contributed by atoms with Crippen LogP contribution in [0, 0.1) is 0 Å². The molecule has 0 radical (unpaired) electrons. The minimum atomic E-state index is -0.179. The molecule has 0 saturated carbocycles. The quantitative estimate of drug-likeness (QED) is 0.669. The molecule has 7 heteroatoms. The second-order valence-electron chi connectivity index (χ2n) is 6.17. The number of rotatable bonds is 3. The average molecular weight is 385 g/mol. The van der Waals surface area contributed by atoms with Gasteiger partial charge >= 0.3 is 0 Å². The molecule has 26 heavy (non-hydrogen) atoms. The molecule has 2 atom stereocenters. The van der Waals surface area contributed by atoms with Crippen LogP contribution in [0.25, 0.3) is 0 Å². The van der Waals surface area contributed by atoms with Crippen LogP contribution in [0.2, 0.25) is 5.02 Å². The first-order valence-corrected chi connectivity index (χ1v) is 8.95. The molecule has 1 aromatic carbocycles. The maximum Gasteiger partial charge on any atom is 0.174 e. The van der Waals surface area contributed by atoms with Gasteiger partial charge in [-0.05, 0) is 54.7 Å². The Bertz CT molecular complexity index is 959. The molecule has 132 valence electrons. The number of thiocarbonyl (C=S) groups is 1. The first-order chi connectivity index (χ1) is 12.6. The van der Waals surface area contributed by atoms with Crippen LogP contribution < -0.4 is 10.2 Å². The zero-order chi connectivity index (χ0) is 18.3. The van der Waals surface area contributed by atoms with Crippen molar-refractivity contribution < 1.29 is 5.11 Å². The number of pyridine rings is 1. The highest BCUT2D eigenvalue weighted by Crippen LogP contribution is 2.44. The van der Waals surface area contributed by atoms with Crippen LogP contribution in [-0.2, 0) is 7.05 Å². The lowest BCUT2D eigenvalue weighted by atomic mass is 10.0. The summed E-state index contributed by atoms with van der Waals surface area (Å²) >= 11 is 11.8. The van der Waals surface area contributed by atoms with Gasteiger partial charge in [0.25, 0.3) is 0 Å². The highest BCUT2D eigenvalue weighted by atomic mass is 35.5. The van der Waals surface area contributed by atoms with Gasteiger partial charge in [-0.15, -0.1) is 0 Å². The Morgan fingerprint density at radius 2 is 2.04 bits per heavy atom. The van der Waals surface area contributed by atoms with E-state index in [-0.39, 0.29) is 17.8 Å². The van der Waals surface area contributed by atoms with Gasteiger partial charge in [0.05, 0.1) is 17.4 Å². The van der Waals surface area contributed by atoms with E-state index in [1.54, 1.807) is 24.4 Å². The van der Waals surface area contributed by atoms with Crippen molar-refractivity contribution >= 4 is 34.6 Å². The van der Waals surface area contributed by atoms with Crippen molar-refractivity contribution in [3.8, 4) is 5.75 Å². The Balaban J connectivity index is 1.88. The lowest BCUT2D eigenvalue weighted by Crippen LogP contribution is -2.30. The number of halogens is 1. The topological polar surface area (TPSA) is 53.3 Å². The number of phenolic OH excluding ortho intramolecular Hbond substituents is 1. The van der Waals surface area contributed by atoms with E-state index in [0.29, 0.717) is 15.8 Å². The fraction of sp³-hybridized carbons (Fsp3) is 0.158. The van der Waals surface area contributed by atoms with Gasteiger partial charge in [0.15, 0.2) is 5.11 Å². The zero-order valence-corrected chi connectivity index (χ0v) is 15.6. The standard InChI is InChI=1S/C19H17ClN4OS/c1-23-10-4-6-14(23)18-17(13-5-2-3-9-21-13)22-19(26)24(18)15-11-12(20)7-8-16(15)25/h2-11,17-18,25H,1H3,(H,22,26)/t17-,18+/m1/s1. The minimum Gasteiger partial charge on any atom is -0.506 e. The number of benzene rings is 1. The number of phenols is 1. The second-order valence-corrected chi connectivity index (χ2v) is 7.00. The van der Waals surface area contributed by atoms with Crippen LogP contribution in [0.5, 0.6) is 5.75 Å². The highest BCUT2D eigenvalue weighted by Gasteiger charge is 2.42. The van der Waals surface area contributed by atoms with E-state index in [1.807, 2.05) is 53.0 Å². The van der Waals surface area contributed by atoms with Gasteiger partial charge in [0.2, 0.25) is 0 Å². The van der Waals surface area contributed by atoms with Gasteiger partial charge < -0.3 is 19.9 Å². The molecule has 0 bridgehead atoms. The van der Waals surface area contributed by atoms with Crippen LogP contribution in [0.1, 0.15) is 23.5 Å². The second kappa shape index (κ2) is 6.63. The van der Waals surface area contributed by atoms with E-state index in [9.17, 15) is 5.11 Å². The molecule has 1 aliphatic heterocycles. The number of nitrogens with zero attached hydrogens (tertiary/aromatic N) is 3. The third-order valence-electron chi connectivity index (χ3n) is 4.58. The van der Waals surface area contributed by atoms with Gasteiger partial charge in [0.1, 0.15) is 11.8 Å². The summed E-state index contributed by atoms with van der Waals surface area (Å²) in [6.07, 6.45) is 3.75. The predicted molar refractivity (Wildman–Crippen MR) is 106 cm³/mol. The maximum atomic E-state index is 10.4. The van der Waals surface area contributed by atoms with E-state index >= 15 is 0 Å². The molecule has 5 nitrogen and oxygen atoms in total. The van der Waals surface area contributed by atoms with Crippen LogP contribution >= 0.6 is 23.8 Å². The van der Waals surface area contributed by atoms with E-state index in [0.717, 1.165) is 11.4 Å². The van der Waals surface area contributed by atoms with Gasteiger partial charge in [-0.3, -0.25) is 4.98 Å². The number of hydrogen-bond donors (Lipinski definition) is 2. The van der Waals surface area contributed by atoms with E-state index in [4.69, 9.17) is 23.8 Å². The first kappa shape index (κ1) is 16.9. The lowest BCUT2D eigenvalue weighted by Gasteiger charge is -2.28. The fourth-order valence-electron chi connectivity index (χ4n) is 3.39. The van der Waals surface area contributed by atoms with E-state index in [2.05, 4.69) is 10.3 Å². The molecule has 0 unspecified atom stereocenters. The number of aromatic hydroxyl groups is 1. The Kier molecular flexibility index (Phi) is 4.30. The van der Waals surface area contributed by atoms with Gasteiger partial charge in [0, 0.05) is 30.2 Å². The van der Waals surface area contributed by atoms with Gasteiger partial charge in [-0.25, -0.2) is 0 Å². The molecule has 4 rings (SSSR count). The lowest BCUT2D eigenvalue weighted by molar-refractivity contribution is 0.471. The van der Waals surface area contributed by atoms with Gasteiger partial charge in [-0.2, -0.15) is 0 Å². The first-order valence-electron chi connectivity index (χ1n) is 8.16. The zero-order valence-electron chi connectivity index (χ0n) is 14.0. The summed E-state index contributed by atoms with van der Waals surface area (Å²) in [5.74, 6) is 0.124. The molecular weight excluding hydrogens is 368 g/mol. The van der Waals surface area contributed by atoms with Crippen LogP contribution in [-0.4, -0.2) is 19.8 Å². The molecule has 0 spiro atoms. The molecule has 0 amide bonds. The minimum absolute atomic E-state index is 0.124. The van der Waals surface area contributed by atoms with Crippen molar-refractivity contribution in [2.24, 2.45) is 7.05 Å². The highest BCUT2D eigenvalue weighted by molar-refractivity contribution is 7.80. The van der Waals surface area contributed by atoms with Crippen molar-refractivity contribution in [2.75, 3.05) is 4.90 Å². The predicted octanol–water partition coefficient (Wildman–Crippen LogP) is 3.96. The smallest absolute Gasteiger partial charge is 0.174 e. The third-order valence-corrected chi connectivity index (χ3v) is 5.13. The Labute approximate surface area is 161 Å². The number of nitrogens with one attached hydrogen (secondary N) is 1. The monoisotopic (exact) mass is 384 g/mol. The summed E-state index contributed by atoms with van der Waals surface area (Å²) in [5.41, 5.74) is 2.50. The number of hydrogen-bond acceptors (Lipinski definition) is 3. The Morgan fingerprint density at radius 1 is 1.19 bits per heavy atom. The number of aryl methyl sites for hydroxylation is 1. The van der Waals surface area contributed by atoms with Crippen molar-refractivity contribution in [2.45, 2.75) is 12.1 Å². The molecule has 0 aliphatic carbocycles. The van der Waals surface area contributed by atoms with Crippen molar-refractivity contribution in [3.63, 3.8) is 0 Å². The molecule has 3 heterocycles. The average Bonchev–Trinajstić information content (AvgIpc) is 3.20. The van der Waals surface area contributed by atoms with Gasteiger partial charge in [-0.1, -0.05) is 17.7 Å². The molecule has 3 aromatic rings. The molecule has 2 N–H and O–H groups in total. The van der Waals surface area contributed by atoms with Crippen molar-refractivity contribution in [1.29, 1.82) is 0 Å². The molecule has 2 aromatic heterocycles. The molecule has 1 aliphatic rings. The number of aromatic nitrogens is 2. The summed E-state index contributed by atoms with van der Waals surface area (Å²) in [6, 6.07) is 14.5. The van der Waals surface area contributed by atoms with E-state index < -0.39 is 0 Å². The Morgan fingerprint density at radius 3 is 2.73 bits per heavy atom. The van der Waals surface area contributed by atoms with Crippen LogP contribution in [0.4, 0.5) is 5.69 Å². The summed E-state index contributed by atoms with van der Waals surface area (Å²) in [7, 11) is 1.99. The molecule has 1 saturated heterocycles.